The average molecular weight is 460 g/mol. The number of esters is 1. The number of rotatable bonds is 8. The molecular weight excluding hydrogens is 434 g/mol. The van der Waals surface area contributed by atoms with Crippen LogP contribution in [0.4, 0.5) is 5.69 Å². The molecular formula is C22H25N3O6S. The lowest BCUT2D eigenvalue weighted by Gasteiger charge is -2.11. The Hall–Kier alpha value is -3.40. The lowest BCUT2D eigenvalue weighted by atomic mass is 10.2. The van der Waals surface area contributed by atoms with Crippen molar-refractivity contribution < 1.29 is 27.5 Å². The number of ether oxygens (including phenoxy) is 2. The van der Waals surface area contributed by atoms with Crippen LogP contribution in [-0.2, 0) is 19.6 Å². The van der Waals surface area contributed by atoms with Crippen molar-refractivity contribution in [3.05, 3.63) is 54.1 Å². The zero-order chi connectivity index (χ0) is 23.1. The molecule has 0 saturated carbocycles. The predicted molar refractivity (Wildman–Crippen MR) is 119 cm³/mol. The largest absolute Gasteiger partial charge is 0.484 e. The zero-order valence-electron chi connectivity index (χ0n) is 17.8. The van der Waals surface area contributed by atoms with E-state index in [0.717, 1.165) is 6.42 Å². The third-order valence-corrected chi connectivity index (χ3v) is 5.74. The van der Waals surface area contributed by atoms with E-state index >= 15 is 0 Å². The highest BCUT2D eigenvalue weighted by Crippen LogP contribution is 2.17. The van der Waals surface area contributed by atoms with Crippen LogP contribution in [0.2, 0.25) is 0 Å². The van der Waals surface area contributed by atoms with Crippen LogP contribution in [0.5, 0.6) is 5.75 Å². The molecule has 3 rings (SSSR count). The number of anilines is 1. The van der Waals surface area contributed by atoms with Crippen LogP contribution in [-0.4, -0.2) is 45.4 Å². The van der Waals surface area contributed by atoms with Crippen molar-refractivity contribution in [3.8, 4) is 5.75 Å². The molecule has 9 nitrogen and oxygen atoms in total. The fourth-order valence-electron chi connectivity index (χ4n) is 2.89. The van der Waals surface area contributed by atoms with E-state index in [2.05, 4.69) is 15.0 Å². The summed E-state index contributed by atoms with van der Waals surface area (Å²) in [6, 6.07) is 12.2. The molecule has 2 aromatic carbocycles. The maximum atomic E-state index is 12.5. The molecule has 2 aromatic rings. The van der Waals surface area contributed by atoms with Gasteiger partial charge in [-0.25, -0.2) is 13.2 Å². The monoisotopic (exact) mass is 459 g/mol. The molecule has 0 radical (unpaired) electrons. The maximum Gasteiger partial charge on any atom is 0.338 e. The van der Waals surface area contributed by atoms with Gasteiger partial charge in [-0.15, -0.1) is 0 Å². The number of amides is 1. The Kier molecular flexibility index (Phi) is 7.47. The molecule has 0 fully saturated rings. The third kappa shape index (κ3) is 6.55. The van der Waals surface area contributed by atoms with E-state index in [9.17, 15) is 18.0 Å². The molecule has 0 aliphatic carbocycles. The zero-order valence-corrected chi connectivity index (χ0v) is 18.6. The number of hydrogen-bond donors (Lipinski definition) is 2. The first kappa shape index (κ1) is 23.3. The molecule has 2 N–H and O–H groups in total. The van der Waals surface area contributed by atoms with Gasteiger partial charge in [-0.3, -0.25) is 14.5 Å². The molecule has 0 atom stereocenters. The van der Waals surface area contributed by atoms with Crippen molar-refractivity contribution in [3.63, 3.8) is 0 Å². The third-order valence-electron chi connectivity index (χ3n) is 4.36. The molecule has 1 aliphatic rings. The summed E-state index contributed by atoms with van der Waals surface area (Å²) in [5.74, 6) is -0.0555. The van der Waals surface area contributed by atoms with Gasteiger partial charge >= 0.3 is 5.97 Å². The summed E-state index contributed by atoms with van der Waals surface area (Å²) in [5.41, 5.74) is 0.701. The molecule has 170 valence electrons. The smallest absolute Gasteiger partial charge is 0.338 e. The van der Waals surface area contributed by atoms with E-state index in [0.29, 0.717) is 35.8 Å². The molecule has 1 heterocycles. The Morgan fingerprint density at radius 2 is 1.88 bits per heavy atom. The predicted octanol–water partition coefficient (Wildman–Crippen LogP) is 2.74. The molecule has 0 unspecified atom stereocenters. The average Bonchev–Trinajstić information content (AvgIpc) is 3.24. The van der Waals surface area contributed by atoms with Crippen LogP contribution >= 0.6 is 0 Å². The van der Waals surface area contributed by atoms with Crippen LogP contribution in [0.25, 0.3) is 0 Å². The van der Waals surface area contributed by atoms with E-state index in [4.69, 9.17) is 9.47 Å². The molecule has 0 spiro atoms. The summed E-state index contributed by atoms with van der Waals surface area (Å²) in [5, 5.41) is 2.61. The van der Waals surface area contributed by atoms with Gasteiger partial charge < -0.3 is 14.8 Å². The molecule has 1 aliphatic heterocycles. The molecule has 32 heavy (non-hydrogen) atoms. The summed E-state index contributed by atoms with van der Waals surface area (Å²) in [7, 11) is -3.78. The van der Waals surface area contributed by atoms with E-state index in [1.165, 1.54) is 18.2 Å². The van der Waals surface area contributed by atoms with Gasteiger partial charge in [0.1, 0.15) is 11.6 Å². The van der Waals surface area contributed by atoms with Gasteiger partial charge in [-0.1, -0.05) is 6.07 Å². The van der Waals surface area contributed by atoms with Crippen molar-refractivity contribution in [1.29, 1.82) is 0 Å². The fraction of sp³-hybridized carbons (Fsp3) is 0.318. The number of nitrogens with one attached hydrogen (secondary N) is 2. The lowest BCUT2D eigenvalue weighted by Crippen LogP contribution is -2.29. The SMILES string of the molecule is CC(C)OC(=O)c1ccc(OCC(=O)Nc2cccc(S(=O)(=O)NC3=NCCC3)c2)cc1. The summed E-state index contributed by atoms with van der Waals surface area (Å²) >= 11 is 0. The van der Waals surface area contributed by atoms with Crippen molar-refractivity contribution >= 4 is 33.4 Å². The number of benzene rings is 2. The van der Waals surface area contributed by atoms with Gasteiger partial charge in [0, 0.05) is 18.7 Å². The molecule has 10 heteroatoms. The van der Waals surface area contributed by atoms with Gasteiger partial charge in [-0.05, 0) is 62.7 Å². The second kappa shape index (κ2) is 10.3. The summed E-state index contributed by atoms with van der Waals surface area (Å²) < 4.78 is 38.0. The first-order chi connectivity index (χ1) is 15.2. The lowest BCUT2D eigenvalue weighted by molar-refractivity contribution is -0.118. The number of hydrogen-bond acceptors (Lipinski definition) is 7. The molecule has 0 aromatic heterocycles. The first-order valence-corrected chi connectivity index (χ1v) is 11.6. The second-order valence-corrected chi connectivity index (χ2v) is 9.06. The minimum atomic E-state index is -3.78. The van der Waals surface area contributed by atoms with Crippen molar-refractivity contribution in [1.82, 2.24) is 4.72 Å². The highest BCUT2D eigenvalue weighted by molar-refractivity contribution is 7.90. The first-order valence-electron chi connectivity index (χ1n) is 10.1. The highest BCUT2D eigenvalue weighted by atomic mass is 32.2. The Balaban J connectivity index is 1.55. The van der Waals surface area contributed by atoms with Crippen LogP contribution in [0.1, 0.15) is 37.0 Å². The Bertz CT molecular complexity index is 1110. The maximum absolute atomic E-state index is 12.5. The summed E-state index contributed by atoms with van der Waals surface area (Å²) in [6.45, 7) is 3.85. The standard InChI is InChI=1S/C22H25N3O6S/c1-15(2)31-22(27)16-8-10-18(11-9-16)30-14-21(26)24-17-5-3-6-19(13-17)32(28,29)25-20-7-4-12-23-20/h3,5-6,8-11,13,15H,4,7,12,14H2,1-2H3,(H,23,25)(H,24,26). The Morgan fingerprint density at radius 3 is 2.53 bits per heavy atom. The van der Waals surface area contributed by atoms with Crippen molar-refractivity contribution in [2.45, 2.75) is 37.7 Å². The second-order valence-electron chi connectivity index (χ2n) is 7.38. The van der Waals surface area contributed by atoms with Crippen LogP contribution < -0.4 is 14.8 Å². The van der Waals surface area contributed by atoms with Gasteiger partial charge in [0.15, 0.2) is 6.61 Å². The Labute approximate surface area is 186 Å². The number of carbonyl (C=O) groups is 2. The number of aliphatic imine (C=N–C) groups is 1. The van der Waals surface area contributed by atoms with Crippen molar-refractivity contribution in [2.75, 3.05) is 18.5 Å². The highest BCUT2D eigenvalue weighted by Gasteiger charge is 2.19. The summed E-state index contributed by atoms with van der Waals surface area (Å²) in [6.07, 6.45) is 1.19. The minimum absolute atomic E-state index is 0.0229. The normalized spacial score (nSPS) is 13.4. The minimum Gasteiger partial charge on any atom is -0.484 e. The van der Waals surface area contributed by atoms with E-state index in [1.807, 2.05) is 0 Å². The fourth-order valence-corrected chi connectivity index (χ4v) is 4.03. The van der Waals surface area contributed by atoms with E-state index < -0.39 is 21.9 Å². The van der Waals surface area contributed by atoms with Gasteiger partial charge in [-0.2, -0.15) is 0 Å². The van der Waals surface area contributed by atoms with Gasteiger partial charge in [0.25, 0.3) is 15.9 Å². The quantitative estimate of drug-likeness (QED) is 0.585. The van der Waals surface area contributed by atoms with Gasteiger partial charge in [0.2, 0.25) is 0 Å². The van der Waals surface area contributed by atoms with Crippen molar-refractivity contribution in [2.24, 2.45) is 4.99 Å². The number of nitrogens with zero attached hydrogens (tertiary/aromatic N) is 1. The van der Waals surface area contributed by atoms with Crippen LogP contribution in [0, 0.1) is 0 Å². The number of amidine groups is 1. The number of carbonyl (C=O) groups excluding carboxylic acids is 2. The molecule has 0 saturated heterocycles. The topological polar surface area (TPSA) is 123 Å². The van der Waals surface area contributed by atoms with Crippen LogP contribution in [0.15, 0.2) is 58.4 Å². The Morgan fingerprint density at radius 1 is 1.12 bits per heavy atom. The van der Waals surface area contributed by atoms with Gasteiger partial charge in [0.05, 0.1) is 16.6 Å². The van der Waals surface area contributed by atoms with E-state index in [1.54, 1.807) is 44.2 Å². The van der Waals surface area contributed by atoms with Crippen LogP contribution in [0.3, 0.4) is 0 Å². The summed E-state index contributed by atoms with van der Waals surface area (Å²) in [4.78, 5) is 28.2. The van der Waals surface area contributed by atoms with E-state index in [-0.39, 0.29) is 17.6 Å². The number of sulfonamides is 1. The molecule has 0 bridgehead atoms. The molecule has 1 amide bonds.